The number of benzene rings is 1. The average molecular weight is 416 g/mol. The highest BCUT2D eigenvalue weighted by atomic mass is 16.5. The summed E-state index contributed by atoms with van der Waals surface area (Å²) >= 11 is 0. The van der Waals surface area contributed by atoms with Gasteiger partial charge in [0.15, 0.2) is 0 Å². The Kier molecular flexibility index (Phi) is 8.39. The maximum Gasteiger partial charge on any atom is 0.228 e. The number of ether oxygens (including phenoxy) is 1. The monoisotopic (exact) mass is 415 g/mol. The molecule has 2 aromatic rings. The normalized spacial score (nSPS) is 14.9. The fourth-order valence-electron chi connectivity index (χ4n) is 3.68. The third-order valence-electron chi connectivity index (χ3n) is 5.47. The number of amides is 1. The van der Waals surface area contributed by atoms with Gasteiger partial charge < -0.3 is 19.1 Å². The van der Waals surface area contributed by atoms with E-state index in [9.17, 15) is 4.79 Å². The van der Waals surface area contributed by atoms with Gasteiger partial charge in [0.25, 0.3) is 0 Å². The highest BCUT2D eigenvalue weighted by Crippen LogP contribution is 2.16. The zero-order valence-electron chi connectivity index (χ0n) is 18.5. The first-order valence-electron chi connectivity index (χ1n) is 11.1. The van der Waals surface area contributed by atoms with Crippen molar-refractivity contribution >= 4 is 5.91 Å². The fourth-order valence-corrected chi connectivity index (χ4v) is 3.68. The van der Waals surface area contributed by atoms with Gasteiger partial charge in [-0.25, -0.2) is 0 Å². The molecule has 0 spiro atoms. The molecule has 164 valence electrons. The Hall–Kier alpha value is -2.25. The second kappa shape index (κ2) is 11.2. The Morgan fingerprint density at radius 3 is 2.60 bits per heavy atom. The van der Waals surface area contributed by atoms with Gasteiger partial charge in [-0.1, -0.05) is 48.8 Å². The number of carbonyl (C=O) groups is 1. The molecule has 1 aromatic heterocycles. The molecule has 0 atom stereocenters. The molecule has 1 aliphatic rings. The Morgan fingerprint density at radius 1 is 1.17 bits per heavy atom. The summed E-state index contributed by atoms with van der Waals surface area (Å²) in [6.45, 7) is 12.5. The molecule has 1 fully saturated rings. The number of morpholine rings is 1. The van der Waals surface area contributed by atoms with Crippen molar-refractivity contribution in [2.45, 2.75) is 40.0 Å². The van der Waals surface area contributed by atoms with E-state index in [1.165, 1.54) is 5.56 Å². The third-order valence-corrected chi connectivity index (χ3v) is 5.47. The van der Waals surface area contributed by atoms with Gasteiger partial charge in [0.1, 0.15) is 13.1 Å². The number of aryl methyl sites for hydroxylation is 1. The molecule has 1 saturated heterocycles. The number of hydrogen-bond acceptors (Lipinski definition) is 5. The van der Waals surface area contributed by atoms with Crippen molar-refractivity contribution in [3.8, 4) is 11.4 Å². The molecule has 0 aliphatic carbocycles. The van der Waals surface area contributed by atoms with Crippen LogP contribution in [0.5, 0.6) is 0 Å². The van der Waals surface area contributed by atoms with Gasteiger partial charge in [-0.3, -0.25) is 4.79 Å². The van der Waals surface area contributed by atoms with Crippen LogP contribution in [-0.2, 0) is 16.0 Å². The molecule has 1 aliphatic heterocycles. The van der Waals surface area contributed by atoms with E-state index < -0.39 is 0 Å². The van der Waals surface area contributed by atoms with Crippen LogP contribution in [0.25, 0.3) is 11.4 Å². The second-order valence-corrected chi connectivity index (χ2v) is 8.57. The molecule has 30 heavy (non-hydrogen) atoms. The van der Waals surface area contributed by atoms with Gasteiger partial charge in [-0.2, -0.15) is 4.98 Å². The third kappa shape index (κ3) is 6.92. The van der Waals surface area contributed by atoms with Crippen LogP contribution in [0.2, 0.25) is 0 Å². The number of quaternary nitrogens is 1. The van der Waals surface area contributed by atoms with Gasteiger partial charge in [0.05, 0.1) is 19.8 Å². The zero-order chi connectivity index (χ0) is 21.3. The summed E-state index contributed by atoms with van der Waals surface area (Å²) < 4.78 is 10.9. The fraction of sp³-hybridized carbons (Fsp3) is 0.609. The van der Waals surface area contributed by atoms with E-state index in [1.54, 1.807) is 4.90 Å². The van der Waals surface area contributed by atoms with Gasteiger partial charge in [-0.15, -0.1) is 0 Å². The van der Waals surface area contributed by atoms with Gasteiger partial charge >= 0.3 is 0 Å². The Balaban J connectivity index is 1.54. The molecular weight excluding hydrogens is 380 g/mol. The Bertz CT molecular complexity index is 782. The predicted octanol–water partition coefficient (Wildman–Crippen LogP) is 1.77. The molecule has 7 nitrogen and oxygen atoms in total. The zero-order valence-corrected chi connectivity index (χ0v) is 18.5. The van der Waals surface area contributed by atoms with E-state index in [0.717, 1.165) is 51.4 Å². The maximum atomic E-state index is 12.7. The summed E-state index contributed by atoms with van der Waals surface area (Å²) in [5, 5.41) is 4.11. The van der Waals surface area contributed by atoms with Crippen LogP contribution >= 0.6 is 0 Å². The van der Waals surface area contributed by atoms with Gasteiger partial charge in [0.2, 0.25) is 17.6 Å². The number of carbonyl (C=O) groups excluding carboxylic acids is 1. The number of rotatable bonds is 10. The van der Waals surface area contributed by atoms with Crippen molar-refractivity contribution in [3.63, 3.8) is 0 Å². The van der Waals surface area contributed by atoms with Gasteiger partial charge in [-0.05, 0) is 12.8 Å². The Labute approximate surface area is 179 Å². The summed E-state index contributed by atoms with van der Waals surface area (Å²) in [5.74, 6) is 1.73. The first kappa shape index (κ1) is 22.4. The Morgan fingerprint density at radius 2 is 1.90 bits per heavy atom. The molecule has 0 radical (unpaired) electrons. The van der Waals surface area contributed by atoms with Crippen molar-refractivity contribution in [2.75, 3.05) is 45.9 Å². The summed E-state index contributed by atoms with van der Waals surface area (Å²) in [6, 6.07) is 8.06. The van der Waals surface area contributed by atoms with Crippen LogP contribution in [0.4, 0.5) is 0 Å². The molecular formula is C23H35N4O3+. The van der Waals surface area contributed by atoms with Crippen molar-refractivity contribution in [2.24, 2.45) is 5.92 Å². The van der Waals surface area contributed by atoms with Crippen LogP contribution in [-0.4, -0.2) is 66.9 Å². The van der Waals surface area contributed by atoms with Crippen molar-refractivity contribution < 1.29 is 19.0 Å². The lowest BCUT2D eigenvalue weighted by atomic mass is 10.1. The quantitative estimate of drug-likeness (QED) is 0.640. The van der Waals surface area contributed by atoms with E-state index in [1.807, 2.05) is 29.2 Å². The maximum absolute atomic E-state index is 12.7. The van der Waals surface area contributed by atoms with Crippen molar-refractivity contribution in [3.05, 3.63) is 35.7 Å². The van der Waals surface area contributed by atoms with Crippen LogP contribution in [0.3, 0.4) is 0 Å². The molecule has 2 heterocycles. The molecule has 1 aromatic carbocycles. The number of nitrogens with one attached hydrogen (secondary N) is 1. The summed E-state index contributed by atoms with van der Waals surface area (Å²) in [6.07, 6.45) is 2.15. The average Bonchev–Trinajstić information content (AvgIpc) is 3.20. The highest BCUT2D eigenvalue weighted by molar-refractivity contribution is 5.76. The van der Waals surface area contributed by atoms with Crippen LogP contribution in [0.15, 0.2) is 28.8 Å². The smallest absolute Gasteiger partial charge is 0.228 e. The molecule has 0 unspecified atom stereocenters. The summed E-state index contributed by atoms with van der Waals surface area (Å²) in [5.41, 5.74) is 2.14. The van der Waals surface area contributed by atoms with E-state index in [2.05, 4.69) is 30.9 Å². The number of hydrogen-bond donors (Lipinski definition) is 1. The largest absolute Gasteiger partial charge is 0.370 e. The lowest BCUT2D eigenvalue weighted by Gasteiger charge is -2.26. The summed E-state index contributed by atoms with van der Waals surface area (Å²) in [4.78, 5) is 20.8. The first-order chi connectivity index (χ1) is 14.5. The van der Waals surface area contributed by atoms with Crippen LogP contribution < -0.4 is 4.90 Å². The van der Waals surface area contributed by atoms with E-state index in [0.29, 0.717) is 37.0 Å². The second-order valence-electron chi connectivity index (χ2n) is 8.57. The lowest BCUT2D eigenvalue weighted by molar-refractivity contribution is -0.908. The predicted molar refractivity (Wildman–Crippen MR) is 115 cm³/mol. The van der Waals surface area contributed by atoms with Crippen LogP contribution in [0.1, 0.15) is 38.1 Å². The van der Waals surface area contributed by atoms with Crippen LogP contribution in [0, 0.1) is 12.8 Å². The van der Waals surface area contributed by atoms with E-state index in [-0.39, 0.29) is 5.91 Å². The van der Waals surface area contributed by atoms with Crippen molar-refractivity contribution in [1.82, 2.24) is 15.0 Å². The molecule has 0 bridgehead atoms. The number of nitrogens with zero attached hydrogens (tertiary/aromatic N) is 3. The number of aromatic nitrogens is 2. The van der Waals surface area contributed by atoms with E-state index in [4.69, 9.17) is 9.26 Å². The van der Waals surface area contributed by atoms with Gasteiger partial charge in [0, 0.05) is 37.9 Å². The van der Waals surface area contributed by atoms with E-state index >= 15 is 0 Å². The minimum absolute atomic E-state index is 0.209. The van der Waals surface area contributed by atoms with Crippen molar-refractivity contribution in [1.29, 1.82) is 0 Å². The highest BCUT2D eigenvalue weighted by Gasteiger charge is 2.19. The standard InChI is InChI=1S/C23H34N4O3/c1-18(2)17-22(28)27(11-4-10-26-13-15-29-16-14-26)12-9-21-24-23(25-30-21)20-7-5-19(3)6-8-20/h5-8,18H,4,9-17H2,1-3H3/p+1. The lowest BCUT2D eigenvalue weighted by Crippen LogP contribution is -3.14. The molecule has 7 heteroatoms. The SMILES string of the molecule is Cc1ccc(-c2noc(CCN(CCC[NH+]3CCOCC3)C(=O)CC(C)C)n2)cc1. The minimum atomic E-state index is 0.209. The first-order valence-corrected chi connectivity index (χ1v) is 11.1. The topological polar surface area (TPSA) is 72.9 Å². The molecule has 1 N–H and O–H groups in total. The minimum Gasteiger partial charge on any atom is -0.370 e. The molecule has 1 amide bonds. The molecule has 3 rings (SSSR count). The summed E-state index contributed by atoms with van der Waals surface area (Å²) in [7, 11) is 0. The molecule has 0 saturated carbocycles.